The Hall–Kier alpha value is -1.75. The summed E-state index contributed by atoms with van der Waals surface area (Å²) in [4.78, 5) is 0. The van der Waals surface area contributed by atoms with Gasteiger partial charge in [-0.25, -0.2) is 0 Å². The number of furan rings is 1. The first-order valence-corrected chi connectivity index (χ1v) is 3.71. The third-order valence-electron chi connectivity index (χ3n) is 1.95. The van der Waals surface area contributed by atoms with E-state index < -0.39 is 0 Å². The molecule has 0 atom stereocenters. The molecule has 0 spiro atoms. The smallest absolute Gasteiger partial charge is 0.207 e. The number of nitriles is 1. The zero-order chi connectivity index (χ0) is 8.55. The van der Waals surface area contributed by atoms with Crippen LogP contribution in [0.2, 0.25) is 0 Å². The molecule has 0 amide bonds. The van der Waals surface area contributed by atoms with Gasteiger partial charge in [0.05, 0.1) is 0 Å². The Bertz CT molecular complexity index is 462. The lowest BCUT2D eigenvalue weighted by Gasteiger charge is -1.84. The summed E-state index contributed by atoms with van der Waals surface area (Å²) in [6.45, 7) is 1.89. The predicted octanol–water partition coefficient (Wildman–Crippen LogP) is 2.61. The molecule has 1 aromatic heterocycles. The summed E-state index contributed by atoms with van der Waals surface area (Å²) in [7, 11) is 0. The van der Waals surface area contributed by atoms with E-state index in [1.165, 1.54) is 0 Å². The molecule has 0 N–H and O–H groups in total. The lowest BCUT2D eigenvalue weighted by molar-refractivity contribution is 0.596. The summed E-state index contributed by atoms with van der Waals surface area (Å²) in [5.41, 5.74) is 1.71. The lowest BCUT2D eigenvalue weighted by Crippen LogP contribution is -1.70. The minimum atomic E-state index is 0.413. The summed E-state index contributed by atoms with van der Waals surface area (Å²) in [6.07, 6.45) is 0. The van der Waals surface area contributed by atoms with Crippen molar-refractivity contribution in [3.63, 3.8) is 0 Å². The molecule has 2 nitrogen and oxygen atoms in total. The Morgan fingerprint density at radius 1 is 1.33 bits per heavy atom. The van der Waals surface area contributed by atoms with Crippen molar-refractivity contribution in [2.75, 3.05) is 0 Å². The topological polar surface area (TPSA) is 36.9 Å². The van der Waals surface area contributed by atoms with E-state index in [9.17, 15) is 0 Å². The molecule has 0 fully saturated rings. The number of aryl methyl sites for hydroxylation is 1. The number of benzene rings is 1. The van der Waals surface area contributed by atoms with E-state index in [2.05, 4.69) is 0 Å². The van der Waals surface area contributed by atoms with E-state index in [1.54, 1.807) is 0 Å². The van der Waals surface area contributed by atoms with Crippen LogP contribution < -0.4 is 0 Å². The normalized spacial score (nSPS) is 10.0. The van der Waals surface area contributed by atoms with Gasteiger partial charge >= 0.3 is 0 Å². The van der Waals surface area contributed by atoms with Crippen molar-refractivity contribution >= 4 is 11.0 Å². The molecule has 2 rings (SSSR count). The van der Waals surface area contributed by atoms with Crippen LogP contribution in [0.5, 0.6) is 0 Å². The van der Waals surface area contributed by atoms with Gasteiger partial charge in [-0.15, -0.1) is 0 Å². The Labute approximate surface area is 70.0 Å². The number of hydrogen-bond acceptors (Lipinski definition) is 2. The summed E-state index contributed by atoms with van der Waals surface area (Å²) in [5.74, 6) is 0.413. The van der Waals surface area contributed by atoms with Gasteiger partial charge in [0.15, 0.2) is 0 Å². The van der Waals surface area contributed by atoms with E-state index in [-0.39, 0.29) is 0 Å². The van der Waals surface area contributed by atoms with Gasteiger partial charge in [0.25, 0.3) is 0 Å². The molecule has 0 radical (unpaired) electrons. The monoisotopic (exact) mass is 157 g/mol. The van der Waals surface area contributed by atoms with Crippen LogP contribution in [0.1, 0.15) is 11.3 Å². The molecule has 0 aliphatic heterocycles. The molecular formula is C10H7NO. The third-order valence-corrected chi connectivity index (χ3v) is 1.95. The van der Waals surface area contributed by atoms with Gasteiger partial charge in [-0.05, 0) is 13.0 Å². The number of rotatable bonds is 0. The highest BCUT2D eigenvalue weighted by molar-refractivity contribution is 5.82. The van der Waals surface area contributed by atoms with Crippen LogP contribution in [0.4, 0.5) is 0 Å². The average Bonchev–Trinajstić information content (AvgIpc) is 2.44. The number of hydrogen-bond donors (Lipinski definition) is 0. The second kappa shape index (κ2) is 2.38. The van der Waals surface area contributed by atoms with E-state index in [0.29, 0.717) is 5.76 Å². The van der Waals surface area contributed by atoms with E-state index in [4.69, 9.17) is 9.68 Å². The Morgan fingerprint density at radius 2 is 2.08 bits per heavy atom. The minimum Gasteiger partial charge on any atom is -0.445 e. The van der Waals surface area contributed by atoms with Crippen molar-refractivity contribution in [3.8, 4) is 6.07 Å². The van der Waals surface area contributed by atoms with Crippen molar-refractivity contribution in [2.24, 2.45) is 0 Å². The van der Waals surface area contributed by atoms with Crippen LogP contribution in [-0.4, -0.2) is 0 Å². The lowest BCUT2D eigenvalue weighted by atomic mass is 10.2. The highest BCUT2D eigenvalue weighted by Gasteiger charge is 2.07. The number of nitrogens with zero attached hydrogens (tertiary/aromatic N) is 1. The van der Waals surface area contributed by atoms with Gasteiger partial charge in [-0.3, -0.25) is 0 Å². The number of para-hydroxylation sites is 1. The fraction of sp³-hybridized carbons (Fsp3) is 0.100. The summed E-state index contributed by atoms with van der Waals surface area (Å²) < 4.78 is 5.29. The maximum Gasteiger partial charge on any atom is 0.207 e. The molecule has 0 saturated carbocycles. The SMILES string of the molecule is Cc1c(C#N)oc2ccccc12. The van der Waals surface area contributed by atoms with Crippen LogP contribution in [0.25, 0.3) is 11.0 Å². The first kappa shape index (κ1) is 6.93. The van der Waals surface area contributed by atoms with Crippen molar-refractivity contribution in [2.45, 2.75) is 6.92 Å². The van der Waals surface area contributed by atoms with Gasteiger partial charge in [-0.2, -0.15) is 5.26 Å². The van der Waals surface area contributed by atoms with Gasteiger partial charge in [0.1, 0.15) is 11.7 Å². The highest BCUT2D eigenvalue weighted by Crippen LogP contribution is 2.23. The molecule has 0 unspecified atom stereocenters. The molecule has 2 heteroatoms. The predicted molar refractivity (Wildman–Crippen MR) is 45.7 cm³/mol. The van der Waals surface area contributed by atoms with Crippen LogP contribution in [0.15, 0.2) is 28.7 Å². The maximum absolute atomic E-state index is 8.68. The van der Waals surface area contributed by atoms with Gasteiger partial charge in [0.2, 0.25) is 5.76 Å². The quantitative estimate of drug-likeness (QED) is 0.589. The highest BCUT2D eigenvalue weighted by atomic mass is 16.3. The molecule has 1 heterocycles. The van der Waals surface area contributed by atoms with E-state index >= 15 is 0 Å². The van der Waals surface area contributed by atoms with Crippen LogP contribution in [0, 0.1) is 18.3 Å². The molecule has 2 aromatic rings. The molecule has 0 aliphatic rings. The standard InChI is InChI=1S/C10H7NO/c1-7-8-4-2-3-5-9(8)12-10(7)6-11/h2-5H,1H3. The summed E-state index contributed by atoms with van der Waals surface area (Å²) in [5, 5.41) is 9.70. The van der Waals surface area contributed by atoms with Crippen molar-refractivity contribution in [3.05, 3.63) is 35.6 Å². The molecular weight excluding hydrogens is 150 g/mol. The largest absolute Gasteiger partial charge is 0.445 e. The zero-order valence-corrected chi connectivity index (χ0v) is 6.66. The minimum absolute atomic E-state index is 0.413. The Morgan fingerprint density at radius 3 is 2.75 bits per heavy atom. The second-order valence-electron chi connectivity index (χ2n) is 2.66. The first-order valence-electron chi connectivity index (χ1n) is 3.71. The van der Waals surface area contributed by atoms with E-state index in [1.807, 2.05) is 37.3 Å². The fourth-order valence-corrected chi connectivity index (χ4v) is 1.28. The van der Waals surface area contributed by atoms with E-state index in [0.717, 1.165) is 16.5 Å². The Balaban J connectivity index is 2.90. The first-order chi connectivity index (χ1) is 5.83. The zero-order valence-electron chi connectivity index (χ0n) is 6.66. The van der Waals surface area contributed by atoms with Crippen LogP contribution in [0.3, 0.4) is 0 Å². The molecule has 12 heavy (non-hydrogen) atoms. The van der Waals surface area contributed by atoms with Crippen LogP contribution in [-0.2, 0) is 0 Å². The molecule has 0 saturated heterocycles. The Kier molecular flexibility index (Phi) is 1.38. The average molecular weight is 157 g/mol. The third kappa shape index (κ3) is 0.802. The van der Waals surface area contributed by atoms with Crippen molar-refractivity contribution < 1.29 is 4.42 Å². The summed E-state index contributed by atoms with van der Waals surface area (Å²) >= 11 is 0. The number of fused-ring (bicyclic) bond motifs is 1. The van der Waals surface area contributed by atoms with Gasteiger partial charge in [0, 0.05) is 10.9 Å². The van der Waals surface area contributed by atoms with Gasteiger partial charge < -0.3 is 4.42 Å². The van der Waals surface area contributed by atoms with Crippen LogP contribution >= 0.6 is 0 Å². The fourth-order valence-electron chi connectivity index (χ4n) is 1.28. The second-order valence-corrected chi connectivity index (χ2v) is 2.66. The molecule has 0 aliphatic carbocycles. The van der Waals surface area contributed by atoms with Gasteiger partial charge in [-0.1, -0.05) is 18.2 Å². The molecule has 1 aromatic carbocycles. The summed E-state index contributed by atoms with van der Waals surface area (Å²) in [6, 6.07) is 9.67. The maximum atomic E-state index is 8.68. The van der Waals surface area contributed by atoms with Crippen molar-refractivity contribution in [1.82, 2.24) is 0 Å². The molecule has 0 bridgehead atoms. The molecule has 58 valence electrons. The van der Waals surface area contributed by atoms with Crippen molar-refractivity contribution in [1.29, 1.82) is 5.26 Å².